The van der Waals surface area contributed by atoms with Crippen molar-refractivity contribution < 1.29 is 9.21 Å². The molecule has 1 amide bonds. The Balaban J connectivity index is 1.71. The highest BCUT2D eigenvalue weighted by Gasteiger charge is 2.22. The van der Waals surface area contributed by atoms with Crippen molar-refractivity contribution in [1.29, 1.82) is 0 Å². The molecule has 6 heteroatoms. The summed E-state index contributed by atoms with van der Waals surface area (Å²) in [5.41, 5.74) is 0.924. The first-order chi connectivity index (χ1) is 11.0. The summed E-state index contributed by atoms with van der Waals surface area (Å²) in [4.78, 5) is 16.0. The van der Waals surface area contributed by atoms with Gasteiger partial charge >= 0.3 is 0 Å². The lowest BCUT2D eigenvalue weighted by molar-refractivity contribution is -0.130. The van der Waals surface area contributed by atoms with Gasteiger partial charge < -0.3 is 14.2 Å². The maximum atomic E-state index is 11.4. The lowest BCUT2D eigenvalue weighted by Gasteiger charge is -2.35. The van der Waals surface area contributed by atoms with Crippen LogP contribution in [0.5, 0.6) is 0 Å². The van der Waals surface area contributed by atoms with Gasteiger partial charge in [0.25, 0.3) is 0 Å². The highest BCUT2D eigenvalue weighted by atomic mass is 35.5. The molecule has 1 aromatic carbocycles. The van der Waals surface area contributed by atoms with Gasteiger partial charge in [0, 0.05) is 43.7 Å². The molecule has 23 heavy (non-hydrogen) atoms. The zero-order valence-electron chi connectivity index (χ0n) is 12.8. The first-order valence-corrected chi connectivity index (χ1v) is 8.24. The van der Waals surface area contributed by atoms with Crippen LogP contribution >= 0.6 is 23.8 Å². The number of hydrogen-bond donors (Lipinski definition) is 0. The molecule has 0 N–H and O–H groups in total. The first kappa shape index (κ1) is 16.0. The summed E-state index contributed by atoms with van der Waals surface area (Å²) in [5, 5.41) is 0.670. The Labute approximate surface area is 145 Å². The standard InChI is InChI=1S/C17H17ClN2O2S/c1-12(21)19-7-9-20(10-8-19)17(23)16-6-5-15(22-16)13-3-2-4-14(18)11-13/h2-6,11H,7-10H2,1H3. The SMILES string of the molecule is CC(=O)N1CCN(C(=S)c2ccc(-c3cccc(Cl)c3)o2)CC1. The minimum absolute atomic E-state index is 0.108. The third-order valence-electron chi connectivity index (χ3n) is 3.94. The van der Waals surface area contributed by atoms with Gasteiger partial charge in [-0.3, -0.25) is 4.79 Å². The number of benzene rings is 1. The van der Waals surface area contributed by atoms with Crippen LogP contribution in [0.4, 0.5) is 0 Å². The largest absolute Gasteiger partial charge is 0.454 e. The van der Waals surface area contributed by atoms with Crippen molar-refractivity contribution in [1.82, 2.24) is 9.80 Å². The van der Waals surface area contributed by atoms with E-state index < -0.39 is 0 Å². The predicted molar refractivity (Wildman–Crippen MR) is 94.7 cm³/mol. The van der Waals surface area contributed by atoms with Crippen molar-refractivity contribution >= 4 is 34.7 Å². The van der Waals surface area contributed by atoms with Crippen molar-refractivity contribution in [3.8, 4) is 11.3 Å². The number of hydrogen-bond acceptors (Lipinski definition) is 3. The molecule has 1 aromatic heterocycles. The van der Waals surface area contributed by atoms with Crippen molar-refractivity contribution in [2.24, 2.45) is 0 Å². The van der Waals surface area contributed by atoms with Crippen LogP contribution in [0.2, 0.25) is 5.02 Å². The summed E-state index contributed by atoms with van der Waals surface area (Å²) in [5.74, 6) is 1.52. The number of furan rings is 1. The molecule has 0 aliphatic carbocycles. The molecule has 0 atom stereocenters. The van der Waals surface area contributed by atoms with Crippen molar-refractivity contribution in [2.75, 3.05) is 26.2 Å². The molecule has 4 nitrogen and oxygen atoms in total. The van der Waals surface area contributed by atoms with Gasteiger partial charge in [0.1, 0.15) is 10.7 Å². The van der Waals surface area contributed by atoms with E-state index in [2.05, 4.69) is 4.90 Å². The Morgan fingerprint density at radius 1 is 1.13 bits per heavy atom. The molecule has 1 fully saturated rings. The van der Waals surface area contributed by atoms with Crippen LogP contribution in [-0.2, 0) is 4.79 Å². The van der Waals surface area contributed by atoms with E-state index in [9.17, 15) is 4.79 Å². The first-order valence-electron chi connectivity index (χ1n) is 7.45. The summed E-state index contributed by atoms with van der Waals surface area (Å²) in [6.07, 6.45) is 0. The molecule has 1 aliphatic heterocycles. The number of thiocarbonyl (C=S) groups is 1. The maximum absolute atomic E-state index is 11.4. The molecular formula is C17H17ClN2O2S. The molecular weight excluding hydrogens is 332 g/mol. The van der Waals surface area contributed by atoms with Gasteiger partial charge in [-0.15, -0.1) is 0 Å². The highest BCUT2D eigenvalue weighted by molar-refractivity contribution is 7.80. The zero-order chi connectivity index (χ0) is 16.4. The minimum Gasteiger partial charge on any atom is -0.454 e. The van der Waals surface area contributed by atoms with Crippen LogP contribution in [0.3, 0.4) is 0 Å². The Morgan fingerprint density at radius 2 is 1.83 bits per heavy atom. The van der Waals surface area contributed by atoms with Crippen LogP contribution in [0.1, 0.15) is 12.7 Å². The van der Waals surface area contributed by atoms with E-state index in [4.69, 9.17) is 28.2 Å². The molecule has 1 aliphatic rings. The van der Waals surface area contributed by atoms with Crippen LogP contribution < -0.4 is 0 Å². The second-order valence-electron chi connectivity index (χ2n) is 5.47. The average molecular weight is 349 g/mol. The Hall–Kier alpha value is -1.85. The third kappa shape index (κ3) is 3.57. The van der Waals surface area contributed by atoms with Crippen molar-refractivity contribution in [2.45, 2.75) is 6.92 Å². The van der Waals surface area contributed by atoms with E-state index in [0.29, 0.717) is 28.9 Å². The molecule has 0 bridgehead atoms. The number of nitrogens with zero attached hydrogens (tertiary/aromatic N) is 2. The topological polar surface area (TPSA) is 36.7 Å². The van der Waals surface area contributed by atoms with Crippen LogP contribution in [0, 0.1) is 0 Å². The molecule has 120 valence electrons. The number of carbonyl (C=O) groups excluding carboxylic acids is 1. The van der Waals surface area contributed by atoms with E-state index in [-0.39, 0.29) is 5.91 Å². The smallest absolute Gasteiger partial charge is 0.219 e. The second-order valence-corrected chi connectivity index (χ2v) is 6.30. The molecule has 2 aromatic rings. The predicted octanol–water partition coefficient (Wildman–Crippen LogP) is 3.44. The Kier molecular flexibility index (Phi) is 4.68. The van der Waals surface area contributed by atoms with Gasteiger partial charge in [0.15, 0.2) is 5.76 Å². The van der Waals surface area contributed by atoms with E-state index >= 15 is 0 Å². The molecule has 0 radical (unpaired) electrons. The highest BCUT2D eigenvalue weighted by Crippen LogP contribution is 2.25. The molecule has 0 saturated carbocycles. The summed E-state index contributed by atoms with van der Waals surface area (Å²) in [6.45, 7) is 4.43. The molecule has 1 saturated heterocycles. The van der Waals surface area contributed by atoms with Crippen LogP contribution in [0.15, 0.2) is 40.8 Å². The maximum Gasteiger partial charge on any atom is 0.219 e. The van der Waals surface area contributed by atoms with Gasteiger partial charge in [0.2, 0.25) is 5.91 Å². The fraction of sp³-hybridized carbons (Fsp3) is 0.294. The van der Waals surface area contributed by atoms with E-state index in [0.717, 1.165) is 24.4 Å². The van der Waals surface area contributed by atoms with Gasteiger partial charge in [-0.05, 0) is 24.3 Å². The summed E-state index contributed by atoms with van der Waals surface area (Å²) in [6, 6.07) is 11.3. The lowest BCUT2D eigenvalue weighted by Crippen LogP contribution is -2.49. The second kappa shape index (κ2) is 6.72. The summed E-state index contributed by atoms with van der Waals surface area (Å²) >= 11 is 11.6. The van der Waals surface area contributed by atoms with Gasteiger partial charge in [-0.2, -0.15) is 0 Å². The van der Waals surface area contributed by atoms with E-state index in [1.54, 1.807) is 6.92 Å². The van der Waals surface area contributed by atoms with Gasteiger partial charge in [-0.25, -0.2) is 0 Å². The van der Waals surface area contributed by atoms with Crippen LogP contribution in [-0.4, -0.2) is 46.9 Å². The number of halogens is 1. The molecule has 0 unspecified atom stereocenters. The minimum atomic E-state index is 0.108. The number of amides is 1. The Morgan fingerprint density at radius 3 is 2.48 bits per heavy atom. The van der Waals surface area contributed by atoms with E-state index in [1.807, 2.05) is 41.3 Å². The van der Waals surface area contributed by atoms with Gasteiger partial charge in [-0.1, -0.05) is 36.0 Å². The fourth-order valence-electron chi connectivity index (χ4n) is 2.63. The van der Waals surface area contributed by atoms with Crippen molar-refractivity contribution in [3.63, 3.8) is 0 Å². The molecule has 0 spiro atoms. The number of carbonyl (C=O) groups is 1. The normalized spacial score (nSPS) is 14.9. The van der Waals surface area contributed by atoms with Crippen molar-refractivity contribution in [3.05, 3.63) is 47.2 Å². The fourth-order valence-corrected chi connectivity index (χ4v) is 3.11. The summed E-state index contributed by atoms with van der Waals surface area (Å²) in [7, 11) is 0. The summed E-state index contributed by atoms with van der Waals surface area (Å²) < 4.78 is 5.89. The molecule has 3 rings (SSSR count). The van der Waals surface area contributed by atoms with Gasteiger partial charge in [0.05, 0.1) is 0 Å². The number of rotatable bonds is 2. The lowest BCUT2D eigenvalue weighted by atomic mass is 10.2. The Bertz CT molecular complexity index is 736. The number of piperazine rings is 1. The average Bonchev–Trinajstić information content (AvgIpc) is 3.04. The monoisotopic (exact) mass is 348 g/mol. The quantitative estimate of drug-likeness (QED) is 0.779. The molecule has 2 heterocycles. The zero-order valence-corrected chi connectivity index (χ0v) is 14.4. The third-order valence-corrected chi connectivity index (χ3v) is 4.63. The van der Waals surface area contributed by atoms with E-state index in [1.165, 1.54) is 0 Å². The van der Waals surface area contributed by atoms with Crippen LogP contribution in [0.25, 0.3) is 11.3 Å².